The van der Waals surface area contributed by atoms with Crippen molar-refractivity contribution in [1.82, 2.24) is 10.2 Å². The maximum atomic E-state index is 10.8. The Kier molecular flexibility index (Phi) is 3.15. The minimum absolute atomic E-state index is 0.0931. The number of aromatic nitrogens is 2. The molecule has 2 aromatic rings. The number of hydrogen-bond donors (Lipinski definition) is 2. The third kappa shape index (κ3) is 2.05. The molecule has 0 aliphatic carbocycles. The predicted octanol–water partition coefficient (Wildman–Crippen LogP) is 3.03. The summed E-state index contributed by atoms with van der Waals surface area (Å²) in [6.45, 7) is 0. The lowest BCUT2D eigenvalue weighted by molar-refractivity contribution is 0.0689. The Labute approximate surface area is 110 Å². The number of halogens is 2. The van der Waals surface area contributed by atoms with Gasteiger partial charge >= 0.3 is 5.97 Å². The normalized spacial score (nSPS) is 10.4. The smallest absolute Gasteiger partial charge is 0.355 e. The lowest BCUT2D eigenvalue weighted by Gasteiger charge is -1.98. The van der Waals surface area contributed by atoms with Crippen molar-refractivity contribution in [2.24, 2.45) is 0 Å². The van der Waals surface area contributed by atoms with Crippen LogP contribution in [0.25, 0.3) is 11.3 Å². The van der Waals surface area contributed by atoms with Gasteiger partial charge < -0.3 is 5.11 Å². The number of nitrogens with one attached hydrogen (secondary N) is 1. The Morgan fingerprint density at radius 2 is 2.25 bits per heavy atom. The average Bonchev–Trinajstić information content (AvgIpc) is 2.60. The number of carboxylic acid groups (broad SMARTS) is 1. The fourth-order valence-electron chi connectivity index (χ4n) is 1.30. The van der Waals surface area contributed by atoms with Crippen molar-refractivity contribution in [2.75, 3.05) is 0 Å². The SMILES string of the molecule is O=C(O)c1[nH]nc(-c2cccc(Cl)c2)c1I. The van der Waals surface area contributed by atoms with Crippen molar-refractivity contribution in [1.29, 1.82) is 0 Å². The van der Waals surface area contributed by atoms with Gasteiger partial charge in [-0.25, -0.2) is 4.79 Å². The third-order valence-electron chi connectivity index (χ3n) is 2.02. The van der Waals surface area contributed by atoms with Crippen LogP contribution in [0.5, 0.6) is 0 Å². The Hall–Kier alpha value is -1.08. The van der Waals surface area contributed by atoms with E-state index >= 15 is 0 Å². The zero-order valence-corrected chi connectivity index (χ0v) is 10.8. The van der Waals surface area contributed by atoms with Crippen LogP contribution in [0.2, 0.25) is 5.02 Å². The summed E-state index contributed by atoms with van der Waals surface area (Å²) in [6.07, 6.45) is 0. The van der Waals surface area contributed by atoms with Gasteiger partial charge in [0.05, 0.1) is 3.57 Å². The zero-order chi connectivity index (χ0) is 11.7. The molecule has 0 bridgehead atoms. The Balaban J connectivity index is 2.53. The van der Waals surface area contributed by atoms with Gasteiger partial charge in [-0.05, 0) is 34.7 Å². The Morgan fingerprint density at radius 1 is 1.50 bits per heavy atom. The lowest BCUT2D eigenvalue weighted by Crippen LogP contribution is -1.98. The summed E-state index contributed by atoms with van der Waals surface area (Å²) in [7, 11) is 0. The summed E-state index contributed by atoms with van der Waals surface area (Å²) < 4.78 is 0.576. The number of aromatic amines is 1. The number of rotatable bonds is 2. The molecule has 1 aromatic carbocycles. The van der Waals surface area contributed by atoms with Crippen molar-refractivity contribution in [3.8, 4) is 11.3 Å². The van der Waals surface area contributed by atoms with Crippen LogP contribution in [0.15, 0.2) is 24.3 Å². The molecule has 0 fully saturated rings. The van der Waals surface area contributed by atoms with E-state index in [0.29, 0.717) is 14.3 Å². The van der Waals surface area contributed by atoms with E-state index < -0.39 is 5.97 Å². The quantitative estimate of drug-likeness (QED) is 0.820. The molecule has 0 aliphatic rings. The van der Waals surface area contributed by atoms with Crippen LogP contribution in [0, 0.1) is 3.57 Å². The van der Waals surface area contributed by atoms with E-state index in [0.717, 1.165) is 5.56 Å². The van der Waals surface area contributed by atoms with Crippen molar-refractivity contribution < 1.29 is 9.90 Å². The van der Waals surface area contributed by atoms with Crippen LogP contribution in [-0.4, -0.2) is 21.3 Å². The molecule has 2 N–H and O–H groups in total. The van der Waals surface area contributed by atoms with E-state index in [9.17, 15) is 4.79 Å². The maximum absolute atomic E-state index is 10.8. The summed E-state index contributed by atoms with van der Waals surface area (Å²) in [5.41, 5.74) is 1.48. The molecule has 0 saturated heterocycles. The van der Waals surface area contributed by atoms with Gasteiger partial charge in [-0.2, -0.15) is 5.10 Å². The standard InChI is InChI=1S/C10H6ClIN2O2/c11-6-3-1-2-5(4-6)8-7(12)9(10(15)16)14-13-8/h1-4H,(H,13,14)(H,15,16). The van der Waals surface area contributed by atoms with Crippen LogP contribution in [0.3, 0.4) is 0 Å². The monoisotopic (exact) mass is 348 g/mol. The van der Waals surface area contributed by atoms with E-state index in [4.69, 9.17) is 16.7 Å². The summed E-state index contributed by atoms with van der Waals surface area (Å²) in [6, 6.07) is 7.12. The summed E-state index contributed by atoms with van der Waals surface area (Å²) in [5, 5.41) is 15.9. The number of hydrogen-bond acceptors (Lipinski definition) is 2. The molecule has 1 aromatic heterocycles. The average molecular weight is 349 g/mol. The van der Waals surface area contributed by atoms with E-state index in [1.54, 1.807) is 18.2 Å². The summed E-state index contributed by atoms with van der Waals surface area (Å²) >= 11 is 7.81. The van der Waals surface area contributed by atoms with Gasteiger partial charge in [-0.1, -0.05) is 23.7 Å². The zero-order valence-electron chi connectivity index (χ0n) is 7.87. The molecule has 4 nitrogen and oxygen atoms in total. The number of benzene rings is 1. The maximum Gasteiger partial charge on any atom is 0.355 e. The van der Waals surface area contributed by atoms with Gasteiger partial charge in [0, 0.05) is 10.6 Å². The third-order valence-corrected chi connectivity index (χ3v) is 3.30. The molecule has 2 rings (SSSR count). The molecular weight excluding hydrogens is 342 g/mol. The van der Waals surface area contributed by atoms with Crippen LogP contribution in [-0.2, 0) is 0 Å². The summed E-state index contributed by atoms with van der Waals surface area (Å²) in [4.78, 5) is 10.8. The van der Waals surface area contributed by atoms with E-state index in [2.05, 4.69) is 10.2 Å². The van der Waals surface area contributed by atoms with Gasteiger partial charge in [0.15, 0.2) is 5.69 Å². The molecule has 0 saturated carbocycles. The summed E-state index contributed by atoms with van der Waals surface area (Å²) in [5.74, 6) is -1.02. The fraction of sp³-hybridized carbons (Fsp3) is 0. The number of carboxylic acids is 1. The van der Waals surface area contributed by atoms with Gasteiger partial charge in [-0.15, -0.1) is 0 Å². The number of nitrogens with zero attached hydrogens (tertiary/aromatic N) is 1. The van der Waals surface area contributed by atoms with Crippen molar-refractivity contribution in [3.63, 3.8) is 0 Å². The second kappa shape index (κ2) is 4.42. The molecule has 16 heavy (non-hydrogen) atoms. The van der Waals surface area contributed by atoms with E-state index in [-0.39, 0.29) is 5.69 Å². The topological polar surface area (TPSA) is 66.0 Å². The highest BCUT2D eigenvalue weighted by molar-refractivity contribution is 14.1. The predicted molar refractivity (Wildman–Crippen MR) is 68.7 cm³/mol. The highest BCUT2D eigenvalue weighted by Crippen LogP contribution is 2.27. The number of carbonyl (C=O) groups is 1. The van der Waals surface area contributed by atoms with Crippen LogP contribution in [0.4, 0.5) is 0 Å². The van der Waals surface area contributed by atoms with Gasteiger partial charge in [0.2, 0.25) is 0 Å². The molecule has 6 heteroatoms. The first-order chi connectivity index (χ1) is 7.59. The molecule has 0 spiro atoms. The van der Waals surface area contributed by atoms with Crippen LogP contribution >= 0.6 is 34.2 Å². The lowest BCUT2D eigenvalue weighted by atomic mass is 10.1. The first-order valence-electron chi connectivity index (χ1n) is 4.32. The van der Waals surface area contributed by atoms with Gasteiger partial charge in [-0.3, -0.25) is 5.10 Å². The molecule has 0 atom stereocenters. The van der Waals surface area contributed by atoms with Gasteiger partial charge in [0.25, 0.3) is 0 Å². The second-order valence-electron chi connectivity index (χ2n) is 3.08. The highest BCUT2D eigenvalue weighted by atomic mass is 127. The van der Waals surface area contributed by atoms with Crippen molar-refractivity contribution in [2.45, 2.75) is 0 Å². The highest BCUT2D eigenvalue weighted by Gasteiger charge is 2.17. The first kappa shape index (κ1) is 11.4. The van der Waals surface area contributed by atoms with E-state index in [1.165, 1.54) is 0 Å². The fourth-order valence-corrected chi connectivity index (χ4v) is 2.27. The number of H-pyrrole nitrogens is 1. The molecule has 82 valence electrons. The van der Waals surface area contributed by atoms with E-state index in [1.807, 2.05) is 28.7 Å². The number of aromatic carboxylic acids is 1. The van der Waals surface area contributed by atoms with Crippen molar-refractivity contribution >= 4 is 40.2 Å². The van der Waals surface area contributed by atoms with Crippen molar-refractivity contribution in [3.05, 3.63) is 38.6 Å². The Morgan fingerprint density at radius 3 is 2.81 bits per heavy atom. The molecular formula is C10H6ClIN2O2. The Bertz CT molecular complexity index is 554. The minimum Gasteiger partial charge on any atom is -0.476 e. The van der Waals surface area contributed by atoms with Crippen LogP contribution in [0.1, 0.15) is 10.5 Å². The second-order valence-corrected chi connectivity index (χ2v) is 4.59. The molecule has 0 radical (unpaired) electrons. The minimum atomic E-state index is -1.02. The molecule has 0 aliphatic heterocycles. The largest absolute Gasteiger partial charge is 0.476 e. The first-order valence-corrected chi connectivity index (χ1v) is 5.78. The molecule has 1 heterocycles. The van der Waals surface area contributed by atoms with Gasteiger partial charge in [0.1, 0.15) is 5.69 Å². The molecule has 0 amide bonds. The van der Waals surface area contributed by atoms with Crippen LogP contribution < -0.4 is 0 Å². The molecule has 0 unspecified atom stereocenters.